The second kappa shape index (κ2) is 5.40. The molecular weight excluding hydrogens is 228 g/mol. The summed E-state index contributed by atoms with van der Waals surface area (Å²) in [5.41, 5.74) is 2.52. The van der Waals surface area contributed by atoms with Crippen molar-refractivity contribution < 1.29 is 9.90 Å². The number of hydrogen-bond acceptors (Lipinski definition) is 3. The van der Waals surface area contributed by atoms with E-state index in [2.05, 4.69) is 24.1 Å². The monoisotopic (exact) mass is 248 g/mol. The van der Waals surface area contributed by atoms with E-state index in [9.17, 15) is 9.90 Å². The third-order valence-electron chi connectivity index (χ3n) is 3.19. The third-order valence-corrected chi connectivity index (χ3v) is 3.19. The summed E-state index contributed by atoms with van der Waals surface area (Å²) in [6.07, 6.45) is 1.16. The summed E-state index contributed by atoms with van der Waals surface area (Å²) in [4.78, 5) is 13.7. The van der Waals surface area contributed by atoms with Crippen LogP contribution in [-0.2, 0) is 4.79 Å². The molecule has 0 aromatic heterocycles. The first-order valence-corrected chi connectivity index (χ1v) is 6.55. The Morgan fingerprint density at radius 1 is 1.28 bits per heavy atom. The van der Waals surface area contributed by atoms with Gasteiger partial charge in [-0.25, -0.2) is 0 Å². The van der Waals surface area contributed by atoms with Crippen molar-refractivity contribution in [2.75, 3.05) is 23.3 Å². The Bertz CT molecular complexity index is 439. The highest BCUT2D eigenvalue weighted by Gasteiger charge is 2.28. The highest BCUT2D eigenvalue weighted by atomic mass is 16.3. The van der Waals surface area contributed by atoms with Crippen LogP contribution in [0.2, 0.25) is 0 Å². The van der Waals surface area contributed by atoms with E-state index in [4.69, 9.17) is 0 Å². The predicted molar refractivity (Wildman–Crippen MR) is 72.8 cm³/mol. The van der Waals surface area contributed by atoms with Crippen LogP contribution in [-0.4, -0.2) is 24.1 Å². The van der Waals surface area contributed by atoms with Crippen LogP contribution in [0.4, 0.5) is 11.4 Å². The van der Waals surface area contributed by atoms with Crippen molar-refractivity contribution in [3.8, 4) is 0 Å². The van der Waals surface area contributed by atoms with Gasteiger partial charge in [0.2, 0.25) is 0 Å². The molecule has 4 heteroatoms. The number of aliphatic hydroxyl groups is 1. The molecule has 2 N–H and O–H groups in total. The van der Waals surface area contributed by atoms with Gasteiger partial charge in [0.15, 0.2) is 6.10 Å². The fourth-order valence-corrected chi connectivity index (χ4v) is 2.34. The van der Waals surface area contributed by atoms with Crippen molar-refractivity contribution in [1.29, 1.82) is 0 Å². The lowest BCUT2D eigenvalue weighted by molar-refractivity contribution is -0.123. The Labute approximate surface area is 108 Å². The second-order valence-electron chi connectivity index (χ2n) is 4.65. The molecule has 1 aliphatic rings. The Kier molecular flexibility index (Phi) is 3.87. The Hall–Kier alpha value is -1.55. The van der Waals surface area contributed by atoms with Crippen LogP contribution in [0.3, 0.4) is 0 Å². The molecule has 1 aliphatic heterocycles. The molecule has 0 fully saturated rings. The maximum atomic E-state index is 11.4. The topological polar surface area (TPSA) is 52.6 Å². The smallest absolute Gasteiger partial charge is 0.257 e. The van der Waals surface area contributed by atoms with Gasteiger partial charge in [0, 0.05) is 30.0 Å². The molecule has 0 aliphatic carbocycles. The van der Waals surface area contributed by atoms with Crippen LogP contribution < -0.4 is 10.2 Å². The van der Waals surface area contributed by atoms with Gasteiger partial charge in [0.05, 0.1) is 0 Å². The fourth-order valence-electron chi connectivity index (χ4n) is 2.34. The first-order valence-electron chi connectivity index (χ1n) is 6.55. The van der Waals surface area contributed by atoms with Gasteiger partial charge in [0.1, 0.15) is 0 Å². The number of anilines is 2. The molecule has 1 heterocycles. The van der Waals surface area contributed by atoms with E-state index in [1.54, 1.807) is 0 Å². The summed E-state index contributed by atoms with van der Waals surface area (Å²) in [5.74, 6) is -0.334. The van der Waals surface area contributed by atoms with Crippen molar-refractivity contribution in [3.63, 3.8) is 0 Å². The maximum Gasteiger partial charge on any atom is 0.257 e. The Morgan fingerprint density at radius 3 is 2.56 bits per heavy atom. The standard InChI is InChI=1S/C14H20N2O2/c1-3-7-16(8-4-2)10-5-6-11-12(9-10)15-14(18)13(11)17/h5-6,9,13,17H,3-4,7-8H2,1-2H3,(H,15,18). The minimum Gasteiger partial charge on any atom is -0.378 e. The lowest BCUT2D eigenvalue weighted by Crippen LogP contribution is -2.24. The average molecular weight is 248 g/mol. The number of carbonyl (C=O) groups excluding carboxylic acids is 1. The minimum atomic E-state index is -1.01. The molecule has 2 rings (SSSR count). The number of nitrogens with one attached hydrogen (secondary N) is 1. The van der Waals surface area contributed by atoms with Gasteiger partial charge in [-0.2, -0.15) is 0 Å². The summed E-state index contributed by atoms with van der Waals surface area (Å²) < 4.78 is 0. The van der Waals surface area contributed by atoms with Crippen LogP contribution in [0.15, 0.2) is 18.2 Å². The fraction of sp³-hybridized carbons (Fsp3) is 0.500. The van der Waals surface area contributed by atoms with Gasteiger partial charge in [-0.15, -0.1) is 0 Å². The van der Waals surface area contributed by atoms with Gasteiger partial charge < -0.3 is 15.3 Å². The lowest BCUT2D eigenvalue weighted by atomic mass is 10.1. The van der Waals surface area contributed by atoms with E-state index >= 15 is 0 Å². The number of hydrogen-bond donors (Lipinski definition) is 2. The third kappa shape index (κ3) is 2.34. The number of carbonyl (C=O) groups is 1. The summed E-state index contributed by atoms with van der Waals surface area (Å²) in [6.45, 7) is 6.31. The number of benzene rings is 1. The highest BCUT2D eigenvalue weighted by Crippen LogP contribution is 2.33. The van der Waals surface area contributed by atoms with Gasteiger partial charge in [-0.05, 0) is 25.0 Å². The summed E-state index contributed by atoms with van der Waals surface area (Å²) in [6, 6.07) is 5.77. The van der Waals surface area contributed by atoms with Crippen LogP contribution in [0.25, 0.3) is 0 Å². The van der Waals surface area contributed by atoms with Crippen molar-refractivity contribution in [3.05, 3.63) is 23.8 Å². The van der Waals surface area contributed by atoms with E-state index in [1.165, 1.54) is 0 Å². The quantitative estimate of drug-likeness (QED) is 0.840. The summed E-state index contributed by atoms with van der Waals surface area (Å²) in [7, 11) is 0. The van der Waals surface area contributed by atoms with E-state index in [0.717, 1.165) is 37.3 Å². The van der Waals surface area contributed by atoms with Gasteiger partial charge in [0.25, 0.3) is 5.91 Å². The Balaban J connectivity index is 2.26. The molecule has 1 aromatic carbocycles. The predicted octanol–water partition coefficient (Wildman–Crippen LogP) is 2.30. The molecule has 0 bridgehead atoms. The molecule has 0 radical (unpaired) electrons. The molecule has 0 saturated heterocycles. The number of amides is 1. The van der Waals surface area contributed by atoms with E-state index in [1.807, 2.05) is 18.2 Å². The first-order chi connectivity index (χ1) is 8.67. The molecule has 18 heavy (non-hydrogen) atoms. The van der Waals surface area contributed by atoms with Crippen LogP contribution in [0.5, 0.6) is 0 Å². The van der Waals surface area contributed by atoms with Gasteiger partial charge >= 0.3 is 0 Å². The van der Waals surface area contributed by atoms with E-state index in [-0.39, 0.29) is 5.91 Å². The van der Waals surface area contributed by atoms with Crippen molar-refractivity contribution in [2.24, 2.45) is 0 Å². The minimum absolute atomic E-state index is 0.334. The van der Waals surface area contributed by atoms with E-state index < -0.39 is 6.10 Å². The Morgan fingerprint density at radius 2 is 1.94 bits per heavy atom. The first kappa shape index (κ1) is 12.9. The lowest BCUT2D eigenvalue weighted by Gasteiger charge is -2.24. The second-order valence-corrected chi connectivity index (χ2v) is 4.65. The molecule has 0 spiro atoms. The van der Waals surface area contributed by atoms with Crippen LogP contribution in [0.1, 0.15) is 38.4 Å². The van der Waals surface area contributed by atoms with Crippen molar-refractivity contribution >= 4 is 17.3 Å². The molecule has 1 atom stereocenters. The zero-order valence-corrected chi connectivity index (χ0v) is 10.9. The zero-order chi connectivity index (χ0) is 13.1. The maximum absolute atomic E-state index is 11.4. The molecule has 1 unspecified atom stereocenters. The van der Waals surface area contributed by atoms with Gasteiger partial charge in [-0.3, -0.25) is 4.79 Å². The van der Waals surface area contributed by atoms with Gasteiger partial charge in [-0.1, -0.05) is 19.9 Å². The SMILES string of the molecule is CCCN(CCC)c1ccc2c(c1)NC(=O)C2O. The summed E-state index contributed by atoms with van der Waals surface area (Å²) >= 11 is 0. The molecule has 0 saturated carbocycles. The molecule has 1 amide bonds. The molecule has 4 nitrogen and oxygen atoms in total. The van der Waals surface area contributed by atoms with Crippen molar-refractivity contribution in [2.45, 2.75) is 32.8 Å². The number of aliphatic hydroxyl groups excluding tert-OH is 1. The van der Waals surface area contributed by atoms with Crippen LogP contribution in [0, 0.1) is 0 Å². The van der Waals surface area contributed by atoms with E-state index in [0.29, 0.717) is 5.56 Å². The normalized spacial score (nSPS) is 17.5. The van der Waals surface area contributed by atoms with Crippen molar-refractivity contribution in [1.82, 2.24) is 0 Å². The molecular formula is C14H20N2O2. The zero-order valence-electron chi connectivity index (χ0n) is 10.9. The highest BCUT2D eigenvalue weighted by molar-refractivity contribution is 6.02. The number of rotatable bonds is 5. The number of fused-ring (bicyclic) bond motifs is 1. The summed E-state index contributed by atoms with van der Waals surface area (Å²) in [5, 5.41) is 12.4. The van der Waals surface area contributed by atoms with Crippen LogP contribution >= 0.6 is 0 Å². The number of nitrogens with zero attached hydrogens (tertiary/aromatic N) is 1. The molecule has 98 valence electrons. The molecule has 1 aromatic rings. The average Bonchev–Trinajstić information content (AvgIpc) is 2.64. The largest absolute Gasteiger partial charge is 0.378 e.